The highest BCUT2D eigenvalue weighted by Gasteiger charge is 2.40. The smallest absolute Gasteiger partial charge is 0.369 e. The van der Waals surface area contributed by atoms with Gasteiger partial charge in [0.1, 0.15) is 0 Å². The van der Waals surface area contributed by atoms with Gasteiger partial charge >= 0.3 is 13.8 Å². The quantitative estimate of drug-likeness (QED) is 0.625. The molecule has 0 amide bonds. The van der Waals surface area contributed by atoms with Gasteiger partial charge in [0.2, 0.25) is 0 Å². The largest absolute Gasteiger partial charge is 0.527 e. The van der Waals surface area contributed by atoms with E-state index < -0.39 is 19.3 Å². The molecule has 0 aliphatic heterocycles. The summed E-state index contributed by atoms with van der Waals surface area (Å²) in [6, 6.07) is 8.65. The van der Waals surface area contributed by atoms with Gasteiger partial charge in [-0.15, -0.1) is 0 Å². The fraction of sp³-hybridized carbons (Fsp3) is 0.364. The van der Waals surface area contributed by atoms with Crippen LogP contribution in [-0.2, 0) is 18.7 Å². The molecule has 8 heteroatoms. The van der Waals surface area contributed by atoms with Crippen molar-refractivity contribution >= 4 is 19.5 Å². The zero-order valence-corrected chi connectivity index (χ0v) is 11.7. The predicted octanol–water partition coefficient (Wildman–Crippen LogP) is 1.47. The topological polar surface area (TPSA) is 96.3 Å². The predicted molar refractivity (Wildman–Crippen MR) is 68.1 cm³/mol. The van der Waals surface area contributed by atoms with E-state index >= 15 is 0 Å². The molecule has 106 valence electrons. The van der Waals surface area contributed by atoms with Gasteiger partial charge in [0.05, 0.1) is 12.8 Å². The van der Waals surface area contributed by atoms with E-state index in [2.05, 4.69) is 4.52 Å². The summed E-state index contributed by atoms with van der Waals surface area (Å²) in [5.41, 5.74) is -0.852. The third-order valence-corrected chi connectivity index (χ3v) is 2.79. The summed E-state index contributed by atoms with van der Waals surface area (Å²) >= 11 is 0. The van der Waals surface area contributed by atoms with E-state index in [0.29, 0.717) is 5.69 Å². The Hall–Kier alpha value is -1.40. The summed E-state index contributed by atoms with van der Waals surface area (Å²) in [6.45, 7) is 2.86. The van der Waals surface area contributed by atoms with Crippen molar-refractivity contribution in [1.82, 2.24) is 0 Å². The number of anilines is 1. The lowest BCUT2D eigenvalue weighted by atomic mass is 10.1. The first-order valence-corrected chi connectivity index (χ1v) is 6.90. The maximum atomic E-state index is 11.8. The van der Waals surface area contributed by atoms with Crippen molar-refractivity contribution in [3.63, 3.8) is 0 Å². The van der Waals surface area contributed by atoms with Crippen LogP contribution in [0.2, 0.25) is 0 Å². The van der Waals surface area contributed by atoms with Gasteiger partial charge in [-0.3, -0.25) is 14.6 Å². The van der Waals surface area contributed by atoms with Crippen molar-refractivity contribution in [3.05, 3.63) is 30.3 Å². The molecule has 1 aromatic carbocycles. The lowest BCUT2D eigenvalue weighted by molar-refractivity contribution is -0.143. The number of phosphoric acid groups is 1. The third kappa shape index (κ3) is 4.04. The highest BCUT2D eigenvalue weighted by molar-refractivity contribution is 7.46. The Kier molecular flexibility index (Phi) is 4.70. The summed E-state index contributed by atoms with van der Waals surface area (Å²) in [7, 11) is -3.55. The van der Waals surface area contributed by atoms with Crippen molar-refractivity contribution in [2.75, 3.05) is 12.2 Å². The number of hydrogen-bond donors (Lipinski definition) is 2. The molecule has 0 saturated heterocycles. The summed E-state index contributed by atoms with van der Waals surface area (Å²) < 4.78 is 14.8. The molecule has 0 heterocycles. The SMILES string of the molecule is CON(c1ccccc1)C(C)(C)C(=O)OP(=O)(O)O. The van der Waals surface area contributed by atoms with Crippen molar-refractivity contribution in [3.8, 4) is 0 Å². The van der Waals surface area contributed by atoms with Crippen molar-refractivity contribution < 1.29 is 28.5 Å². The highest BCUT2D eigenvalue weighted by Crippen LogP contribution is 2.38. The minimum Gasteiger partial charge on any atom is -0.369 e. The van der Waals surface area contributed by atoms with Crippen LogP contribution >= 0.6 is 7.82 Å². The average molecular weight is 289 g/mol. The molecule has 0 atom stereocenters. The molecule has 0 unspecified atom stereocenters. The number of carbonyl (C=O) groups is 1. The highest BCUT2D eigenvalue weighted by atomic mass is 31.2. The average Bonchev–Trinajstić information content (AvgIpc) is 2.28. The van der Waals surface area contributed by atoms with Crippen LogP contribution in [0.3, 0.4) is 0 Å². The molecule has 1 rings (SSSR count). The maximum absolute atomic E-state index is 11.8. The zero-order valence-electron chi connectivity index (χ0n) is 10.8. The van der Waals surface area contributed by atoms with Gasteiger partial charge in [0.25, 0.3) is 0 Å². The Morgan fingerprint density at radius 1 is 1.26 bits per heavy atom. The van der Waals surface area contributed by atoms with Crippen molar-refractivity contribution in [1.29, 1.82) is 0 Å². The van der Waals surface area contributed by atoms with E-state index in [4.69, 9.17) is 14.6 Å². The second-order valence-corrected chi connectivity index (χ2v) is 5.40. The molecule has 0 saturated carbocycles. The molecule has 19 heavy (non-hydrogen) atoms. The molecular weight excluding hydrogens is 273 g/mol. The summed E-state index contributed by atoms with van der Waals surface area (Å²) in [4.78, 5) is 34.3. The Labute approximate surface area is 110 Å². The number of phosphoric ester groups is 1. The minimum absolute atomic E-state index is 0.553. The summed E-state index contributed by atoms with van der Waals surface area (Å²) in [5, 5.41) is 1.21. The standard InChI is InChI=1S/C11H16NO6P/c1-11(2,10(13)18-19(14,15)16)12(17-3)9-7-5-4-6-8-9/h4-8H,1-3H3,(H2,14,15,16). The number of para-hydroxylation sites is 1. The number of carbonyl (C=O) groups excluding carboxylic acids is 1. The zero-order chi connectivity index (χ0) is 14.7. The van der Waals surface area contributed by atoms with Crippen LogP contribution in [0.1, 0.15) is 13.8 Å². The Morgan fingerprint density at radius 3 is 2.21 bits per heavy atom. The molecule has 7 nitrogen and oxygen atoms in total. The molecule has 0 radical (unpaired) electrons. The molecule has 0 aliphatic carbocycles. The van der Waals surface area contributed by atoms with Crippen LogP contribution in [0.25, 0.3) is 0 Å². The first-order valence-electron chi connectivity index (χ1n) is 5.37. The van der Waals surface area contributed by atoms with Gasteiger partial charge in [-0.1, -0.05) is 18.2 Å². The fourth-order valence-corrected chi connectivity index (χ4v) is 1.96. The second-order valence-electron chi connectivity index (χ2n) is 4.24. The van der Waals surface area contributed by atoms with E-state index in [1.54, 1.807) is 30.3 Å². The molecule has 1 aromatic rings. The van der Waals surface area contributed by atoms with Crippen LogP contribution in [0, 0.1) is 0 Å². The maximum Gasteiger partial charge on any atom is 0.527 e. The van der Waals surface area contributed by atoms with Gasteiger partial charge in [0.15, 0.2) is 5.54 Å². The van der Waals surface area contributed by atoms with E-state index in [-0.39, 0.29) is 0 Å². The van der Waals surface area contributed by atoms with E-state index in [1.807, 2.05) is 0 Å². The molecule has 0 bridgehead atoms. The minimum atomic E-state index is -4.89. The molecule has 2 N–H and O–H groups in total. The Bertz CT molecular complexity index is 483. The van der Waals surface area contributed by atoms with E-state index in [0.717, 1.165) is 0 Å². The van der Waals surface area contributed by atoms with Gasteiger partial charge in [-0.25, -0.2) is 14.4 Å². The summed E-state index contributed by atoms with van der Waals surface area (Å²) in [5.74, 6) is -1.09. The number of hydroxylamine groups is 1. The number of nitrogens with zero attached hydrogens (tertiary/aromatic N) is 1. The number of rotatable bonds is 5. The molecule has 0 aromatic heterocycles. The first-order chi connectivity index (χ1) is 8.68. The Morgan fingerprint density at radius 2 is 1.79 bits per heavy atom. The van der Waals surface area contributed by atoms with Crippen LogP contribution in [0.15, 0.2) is 30.3 Å². The van der Waals surface area contributed by atoms with E-state index in [1.165, 1.54) is 26.0 Å². The van der Waals surface area contributed by atoms with Crippen LogP contribution < -0.4 is 5.06 Å². The fourth-order valence-electron chi connectivity index (χ4n) is 1.52. The summed E-state index contributed by atoms with van der Waals surface area (Å²) in [6.07, 6.45) is 0. The van der Waals surface area contributed by atoms with Crippen molar-refractivity contribution in [2.24, 2.45) is 0 Å². The number of benzene rings is 1. The molecule has 0 fully saturated rings. The van der Waals surface area contributed by atoms with Crippen LogP contribution in [0.4, 0.5) is 5.69 Å². The van der Waals surface area contributed by atoms with Crippen LogP contribution in [0.5, 0.6) is 0 Å². The first kappa shape index (κ1) is 15.7. The monoisotopic (exact) mass is 289 g/mol. The van der Waals surface area contributed by atoms with Gasteiger partial charge in [-0.05, 0) is 26.0 Å². The van der Waals surface area contributed by atoms with Gasteiger partial charge in [-0.2, -0.15) is 0 Å². The van der Waals surface area contributed by atoms with Crippen molar-refractivity contribution in [2.45, 2.75) is 19.4 Å². The van der Waals surface area contributed by atoms with Crippen LogP contribution in [-0.4, -0.2) is 28.4 Å². The molecular formula is C11H16NO6P. The van der Waals surface area contributed by atoms with Gasteiger partial charge < -0.3 is 4.52 Å². The van der Waals surface area contributed by atoms with Gasteiger partial charge in [0, 0.05) is 0 Å². The van der Waals surface area contributed by atoms with E-state index in [9.17, 15) is 9.36 Å². The lowest BCUT2D eigenvalue weighted by Crippen LogP contribution is -2.50. The molecule has 0 spiro atoms. The number of hydrogen-bond acceptors (Lipinski definition) is 5. The molecule has 0 aliphatic rings. The normalized spacial score (nSPS) is 12.1. The lowest BCUT2D eigenvalue weighted by Gasteiger charge is -2.35. The second kappa shape index (κ2) is 5.71. The Balaban J connectivity index is 3.02. The third-order valence-electron chi connectivity index (χ3n) is 2.38.